The third-order valence-corrected chi connectivity index (χ3v) is 1.49. The van der Waals surface area contributed by atoms with Crippen molar-refractivity contribution in [3.63, 3.8) is 0 Å². The molecule has 0 heterocycles. The Morgan fingerprint density at radius 3 is 1.82 bits per heavy atom. The average molecular weight is 160 g/mol. The van der Waals surface area contributed by atoms with E-state index in [1.807, 2.05) is 20.9 Å². The molecule has 0 radical (unpaired) electrons. The van der Waals surface area contributed by atoms with E-state index in [1.165, 1.54) is 6.42 Å². The van der Waals surface area contributed by atoms with Crippen molar-refractivity contribution < 1.29 is 0 Å². The van der Waals surface area contributed by atoms with Crippen LogP contribution in [-0.2, 0) is 0 Å². The molecule has 2 heteroatoms. The van der Waals surface area contributed by atoms with Crippen molar-refractivity contribution in [3.8, 4) is 0 Å². The first-order valence-corrected chi connectivity index (χ1v) is 4.52. The SMILES string of the molecule is CC.CCC(CN(C)C)NC. The van der Waals surface area contributed by atoms with Gasteiger partial charge >= 0.3 is 0 Å². The van der Waals surface area contributed by atoms with Crippen LogP contribution in [0.4, 0.5) is 0 Å². The topological polar surface area (TPSA) is 15.3 Å². The number of likely N-dealkylation sites (N-methyl/N-ethyl adjacent to an activating group) is 2. The van der Waals surface area contributed by atoms with Gasteiger partial charge in [-0.3, -0.25) is 0 Å². The van der Waals surface area contributed by atoms with E-state index in [0.29, 0.717) is 6.04 Å². The Morgan fingerprint density at radius 2 is 1.73 bits per heavy atom. The van der Waals surface area contributed by atoms with Crippen LogP contribution in [0.15, 0.2) is 0 Å². The van der Waals surface area contributed by atoms with E-state index >= 15 is 0 Å². The number of hydrogen-bond acceptors (Lipinski definition) is 2. The lowest BCUT2D eigenvalue weighted by molar-refractivity contribution is 0.343. The maximum atomic E-state index is 3.24. The molecule has 0 fully saturated rings. The molecule has 0 bridgehead atoms. The molecule has 0 aromatic carbocycles. The van der Waals surface area contributed by atoms with Gasteiger partial charge in [0.05, 0.1) is 0 Å². The Morgan fingerprint density at radius 1 is 1.27 bits per heavy atom. The molecular formula is C9H24N2. The van der Waals surface area contributed by atoms with E-state index in [0.717, 1.165) is 6.54 Å². The first-order chi connectivity index (χ1) is 5.20. The minimum Gasteiger partial charge on any atom is -0.316 e. The molecule has 70 valence electrons. The molecule has 0 saturated heterocycles. The summed E-state index contributed by atoms with van der Waals surface area (Å²) in [5.74, 6) is 0. The molecule has 1 unspecified atom stereocenters. The fraction of sp³-hybridized carbons (Fsp3) is 1.00. The monoisotopic (exact) mass is 160 g/mol. The number of nitrogens with one attached hydrogen (secondary N) is 1. The van der Waals surface area contributed by atoms with Gasteiger partial charge in [0.2, 0.25) is 0 Å². The van der Waals surface area contributed by atoms with Crippen LogP contribution in [0.25, 0.3) is 0 Å². The first-order valence-electron chi connectivity index (χ1n) is 4.52. The Kier molecular flexibility index (Phi) is 12.2. The summed E-state index contributed by atoms with van der Waals surface area (Å²) in [6, 6.07) is 0.653. The van der Waals surface area contributed by atoms with Gasteiger partial charge in [-0.1, -0.05) is 20.8 Å². The van der Waals surface area contributed by atoms with Crippen molar-refractivity contribution in [2.24, 2.45) is 0 Å². The molecular weight excluding hydrogens is 136 g/mol. The number of hydrogen-bond donors (Lipinski definition) is 1. The van der Waals surface area contributed by atoms with Crippen LogP contribution < -0.4 is 5.32 Å². The van der Waals surface area contributed by atoms with Crippen LogP contribution in [0.1, 0.15) is 27.2 Å². The average Bonchev–Trinajstić information content (AvgIpc) is 2.03. The van der Waals surface area contributed by atoms with Crippen molar-refractivity contribution in [3.05, 3.63) is 0 Å². The highest BCUT2D eigenvalue weighted by molar-refractivity contribution is 4.63. The zero-order chi connectivity index (χ0) is 9.28. The maximum Gasteiger partial charge on any atom is 0.0189 e. The van der Waals surface area contributed by atoms with Crippen LogP contribution in [0.3, 0.4) is 0 Å². The zero-order valence-corrected chi connectivity index (χ0v) is 8.94. The van der Waals surface area contributed by atoms with Crippen LogP contribution in [0.2, 0.25) is 0 Å². The fourth-order valence-corrected chi connectivity index (χ4v) is 0.865. The molecule has 0 aromatic rings. The molecule has 0 rings (SSSR count). The summed E-state index contributed by atoms with van der Waals surface area (Å²) in [6.07, 6.45) is 1.20. The molecule has 0 aromatic heterocycles. The highest BCUT2D eigenvalue weighted by Crippen LogP contribution is 1.89. The van der Waals surface area contributed by atoms with Gasteiger partial charge < -0.3 is 10.2 Å². The smallest absolute Gasteiger partial charge is 0.0189 e. The predicted octanol–water partition coefficient (Wildman–Crippen LogP) is 1.57. The Balaban J connectivity index is 0. The van der Waals surface area contributed by atoms with Gasteiger partial charge in [-0.2, -0.15) is 0 Å². The van der Waals surface area contributed by atoms with Gasteiger partial charge in [-0.25, -0.2) is 0 Å². The molecule has 0 spiro atoms. The van der Waals surface area contributed by atoms with Crippen molar-refractivity contribution >= 4 is 0 Å². The van der Waals surface area contributed by atoms with Gasteiger partial charge in [-0.05, 0) is 27.6 Å². The van der Waals surface area contributed by atoms with Crippen LogP contribution in [0.5, 0.6) is 0 Å². The van der Waals surface area contributed by atoms with E-state index in [9.17, 15) is 0 Å². The van der Waals surface area contributed by atoms with E-state index in [1.54, 1.807) is 0 Å². The van der Waals surface area contributed by atoms with Crippen LogP contribution >= 0.6 is 0 Å². The van der Waals surface area contributed by atoms with E-state index in [2.05, 4.69) is 31.2 Å². The summed E-state index contributed by atoms with van der Waals surface area (Å²) in [5, 5.41) is 3.24. The van der Waals surface area contributed by atoms with Crippen molar-refractivity contribution in [2.45, 2.75) is 33.2 Å². The third-order valence-electron chi connectivity index (χ3n) is 1.49. The molecule has 0 aliphatic heterocycles. The van der Waals surface area contributed by atoms with Gasteiger partial charge in [0.15, 0.2) is 0 Å². The standard InChI is InChI=1S/C7H18N2.C2H6/c1-5-7(8-2)6-9(3)4;1-2/h7-8H,5-6H2,1-4H3;1-2H3. The van der Waals surface area contributed by atoms with Crippen LogP contribution in [-0.4, -0.2) is 38.6 Å². The molecule has 0 amide bonds. The Hall–Kier alpha value is -0.0800. The summed E-state index contributed by atoms with van der Waals surface area (Å²) in [5.41, 5.74) is 0. The summed E-state index contributed by atoms with van der Waals surface area (Å²) in [7, 11) is 6.21. The van der Waals surface area contributed by atoms with Gasteiger partial charge in [0.25, 0.3) is 0 Å². The van der Waals surface area contributed by atoms with Crippen molar-refractivity contribution in [1.29, 1.82) is 0 Å². The molecule has 11 heavy (non-hydrogen) atoms. The lowest BCUT2D eigenvalue weighted by atomic mass is 10.2. The number of nitrogens with zero attached hydrogens (tertiary/aromatic N) is 1. The molecule has 0 aliphatic rings. The van der Waals surface area contributed by atoms with Gasteiger partial charge in [-0.15, -0.1) is 0 Å². The summed E-state index contributed by atoms with van der Waals surface area (Å²) < 4.78 is 0. The van der Waals surface area contributed by atoms with Gasteiger partial charge in [0, 0.05) is 12.6 Å². The van der Waals surface area contributed by atoms with Gasteiger partial charge in [0.1, 0.15) is 0 Å². The summed E-state index contributed by atoms with van der Waals surface area (Å²) in [6.45, 7) is 7.33. The lowest BCUT2D eigenvalue weighted by Crippen LogP contribution is -2.35. The molecule has 2 nitrogen and oxygen atoms in total. The number of rotatable bonds is 4. The van der Waals surface area contributed by atoms with E-state index in [-0.39, 0.29) is 0 Å². The normalized spacial score (nSPS) is 12.3. The third kappa shape index (κ3) is 9.92. The maximum absolute atomic E-state index is 3.24. The quantitative estimate of drug-likeness (QED) is 0.671. The van der Waals surface area contributed by atoms with Crippen molar-refractivity contribution in [2.75, 3.05) is 27.7 Å². The molecule has 0 aliphatic carbocycles. The Labute approximate surface area is 72.0 Å². The van der Waals surface area contributed by atoms with Crippen molar-refractivity contribution in [1.82, 2.24) is 10.2 Å². The molecule has 1 N–H and O–H groups in total. The summed E-state index contributed by atoms with van der Waals surface area (Å²) in [4.78, 5) is 2.20. The highest BCUT2D eigenvalue weighted by atomic mass is 15.1. The lowest BCUT2D eigenvalue weighted by Gasteiger charge is -2.18. The second kappa shape index (κ2) is 9.92. The predicted molar refractivity (Wildman–Crippen MR) is 53.0 cm³/mol. The first kappa shape index (κ1) is 13.5. The largest absolute Gasteiger partial charge is 0.316 e. The molecule has 1 atom stereocenters. The van der Waals surface area contributed by atoms with E-state index < -0.39 is 0 Å². The minimum atomic E-state index is 0.653. The molecule has 0 saturated carbocycles. The minimum absolute atomic E-state index is 0.653. The second-order valence-electron chi connectivity index (χ2n) is 2.66. The fourth-order valence-electron chi connectivity index (χ4n) is 0.865. The zero-order valence-electron chi connectivity index (χ0n) is 8.94. The van der Waals surface area contributed by atoms with E-state index in [4.69, 9.17) is 0 Å². The Bertz CT molecular complexity index is 58.6. The van der Waals surface area contributed by atoms with Crippen LogP contribution in [0, 0.1) is 0 Å². The highest BCUT2D eigenvalue weighted by Gasteiger charge is 2.01. The summed E-state index contributed by atoms with van der Waals surface area (Å²) >= 11 is 0. The second-order valence-corrected chi connectivity index (χ2v) is 2.66.